The van der Waals surface area contributed by atoms with Gasteiger partial charge in [-0.1, -0.05) is 228 Å². The van der Waals surface area contributed by atoms with E-state index in [9.17, 15) is 19.8 Å². The summed E-state index contributed by atoms with van der Waals surface area (Å²) in [6.07, 6.45) is 67.9. The zero-order chi connectivity index (χ0) is 47.4. The Morgan fingerprint density at radius 2 is 0.831 bits per heavy atom. The second-order valence-electron chi connectivity index (χ2n) is 18.2. The fourth-order valence-corrected chi connectivity index (χ4v) is 7.85. The maximum Gasteiger partial charge on any atom is 0.306 e. The van der Waals surface area contributed by atoms with Crippen LogP contribution >= 0.6 is 0 Å². The minimum absolute atomic E-state index is 0.0373. The Morgan fingerprint density at radius 3 is 1.29 bits per heavy atom. The van der Waals surface area contributed by atoms with Crippen LogP contribution in [0, 0.1) is 0 Å². The van der Waals surface area contributed by atoms with Gasteiger partial charge in [0.2, 0.25) is 5.91 Å². The molecule has 0 rings (SSSR count). The van der Waals surface area contributed by atoms with Crippen molar-refractivity contribution < 1.29 is 24.5 Å². The van der Waals surface area contributed by atoms with Gasteiger partial charge >= 0.3 is 5.97 Å². The van der Waals surface area contributed by atoms with E-state index in [1.165, 1.54) is 103 Å². The number of carbonyl (C=O) groups is 2. The molecule has 65 heavy (non-hydrogen) atoms. The molecule has 0 radical (unpaired) electrons. The van der Waals surface area contributed by atoms with E-state index in [0.717, 1.165) is 96.3 Å². The van der Waals surface area contributed by atoms with Crippen LogP contribution < -0.4 is 5.32 Å². The molecule has 1 amide bonds. The SMILES string of the molecule is CC/C=C/C/C=C/C/C=C/CCCCCCC(CC(=O)NC(CO)C(O)CCCCCCCCCCCCCCCCC)OC(=O)CCC/C=C\C/C=C\C/C=C\C/C=C\CCCCC. The molecule has 374 valence electrons. The zero-order valence-corrected chi connectivity index (χ0v) is 42.6. The first kappa shape index (κ1) is 62.0. The first-order valence-electron chi connectivity index (χ1n) is 27.3. The van der Waals surface area contributed by atoms with Crippen molar-refractivity contribution in [1.29, 1.82) is 0 Å². The lowest BCUT2D eigenvalue weighted by Gasteiger charge is -2.24. The van der Waals surface area contributed by atoms with Crippen molar-refractivity contribution >= 4 is 11.9 Å². The number of esters is 1. The highest BCUT2D eigenvalue weighted by atomic mass is 16.5. The van der Waals surface area contributed by atoms with Crippen molar-refractivity contribution in [2.45, 2.75) is 270 Å². The molecule has 0 aliphatic rings. The second-order valence-corrected chi connectivity index (χ2v) is 18.2. The van der Waals surface area contributed by atoms with Crippen molar-refractivity contribution in [3.63, 3.8) is 0 Å². The summed E-state index contributed by atoms with van der Waals surface area (Å²) in [6, 6.07) is -0.725. The van der Waals surface area contributed by atoms with Gasteiger partial charge in [0.15, 0.2) is 0 Å². The lowest BCUT2D eigenvalue weighted by Crippen LogP contribution is -2.46. The summed E-state index contributed by atoms with van der Waals surface area (Å²) in [4.78, 5) is 26.2. The summed E-state index contributed by atoms with van der Waals surface area (Å²) < 4.78 is 5.91. The van der Waals surface area contributed by atoms with Gasteiger partial charge in [0.05, 0.1) is 25.2 Å². The summed E-state index contributed by atoms with van der Waals surface area (Å²) in [5, 5.41) is 23.8. The normalized spacial score (nSPS) is 13.9. The fourth-order valence-electron chi connectivity index (χ4n) is 7.85. The maximum atomic E-state index is 13.2. The van der Waals surface area contributed by atoms with Crippen molar-refractivity contribution in [3.05, 3.63) is 85.1 Å². The quantitative estimate of drug-likeness (QED) is 0.0321. The molecule has 3 N–H and O–H groups in total. The van der Waals surface area contributed by atoms with E-state index < -0.39 is 18.2 Å². The van der Waals surface area contributed by atoms with Crippen LogP contribution in [0.1, 0.15) is 252 Å². The average molecular weight is 906 g/mol. The minimum atomic E-state index is -0.808. The van der Waals surface area contributed by atoms with Gasteiger partial charge in [0, 0.05) is 6.42 Å². The summed E-state index contributed by atoms with van der Waals surface area (Å²) in [7, 11) is 0. The Labute approximate surface area is 402 Å². The topological polar surface area (TPSA) is 95.9 Å². The molecule has 0 aromatic rings. The number of hydrogen-bond acceptors (Lipinski definition) is 5. The molecule has 0 aromatic carbocycles. The molecule has 0 heterocycles. The molecule has 0 aliphatic heterocycles. The molecule has 0 aliphatic carbocycles. The number of hydrogen-bond donors (Lipinski definition) is 3. The van der Waals surface area contributed by atoms with E-state index >= 15 is 0 Å². The predicted octanol–water partition coefficient (Wildman–Crippen LogP) is 16.7. The van der Waals surface area contributed by atoms with Crippen LogP contribution in [0.3, 0.4) is 0 Å². The number of aliphatic hydroxyl groups is 2. The largest absolute Gasteiger partial charge is 0.462 e. The van der Waals surface area contributed by atoms with E-state index in [1.807, 2.05) is 0 Å². The van der Waals surface area contributed by atoms with Crippen molar-refractivity contribution in [3.8, 4) is 0 Å². The number of aliphatic hydroxyl groups excluding tert-OH is 2. The molecule has 0 aromatic heterocycles. The van der Waals surface area contributed by atoms with Crippen LogP contribution in [0.15, 0.2) is 85.1 Å². The predicted molar refractivity (Wildman–Crippen MR) is 282 cm³/mol. The number of unbranched alkanes of at least 4 members (excludes halogenated alkanes) is 22. The Hall–Kier alpha value is -2.96. The zero-order valence-electron chi connectivity index (χ0n) is 42.6. The first-order valence-corrected chi connectivity index (χ1v) is 27.3. The van der Waals surface area contributed by atoms with E-state index in [4.69, 9.17) is 4.74 Å². The lowest BCUT2D eigenvalue weighted by molar-refractivity contribution is -0.151. The summed E-state index contributed by atoms with van der Waals surface area (Å²) in [5.74, 6) is -0.565. The van der Waals surface area contributed by atoms with Crippen molar-refractivity contribution in [1.82, 2.24) is 5.32 Å². The molecular weight excluding hydrogens is 803 g/mol. The minimum Gasteiger partial charge on any atom is -0.462 e. The van der Waals surface area contributed by atoms with Crippen LogP contribution in [0.4, 0.5) is 0 Å². The van der Waals surface area contributed by atoms with Gasteiger partial charge < -0.3 is 20.3 Å². The number of carbonyl (C=O) groups excluding carboxylic acids is 2. The fraction of sp³-hybridized carbons (Fsp3) is 0.729. The standard InChI is InChI=1S/C59H103NO5/c1-4-7-10-13-16-19-22-25-28-29-31-34-37-40-43-46-49-52-59(64)65-55(50-47-44-41-38-35-32-27-24-21-18-15-12-9-6-3)53-58(63)60-56(54-61)57(62)51-48-45-42-39-36-33-30-26-23-20-17-14-11-8-5-2/h9,12,16,18-19,21,25,27-28,31-32,34,40,43,55-57,61-62H,4-8,10-11,13-15,17,20,22-24,26,29-30,33,35-39,41-42,44-54H2,1-3H3,(H,60,63)/b12-9+,19-16-,21-18+,28-25-,32-27+,34-31-,43-40-. The Bertz CT molecular complexity index is 1250. The van der Waals surface area contributed by atoms with Crippen LogP contribution in [0.5, 0.6) is 0 Å². The van der Waals surface area contributed by atoms with Crippen LogP contribution in [0.2, 0.25) is 0 Å². The van der Waals surface area contributed by atoms with Gasteiger partial charge in [0.1, 0.15) is 6.10 Å². The highest BCUT2D eigenvalue weighted by Gasteiger charge is 2.24. The molecule has 0 fully saturated rings. The molecular formula is C59H103NO5. The molecule has 3 atom stereocenters. The number of nitrogens with one attached hydrogen (secondary N) is 1. The summed E-state index contributed by atoms with van der Waals surface area (Å²) in [5.41, 5.74) is 0. The highest BCUT2D eigenvalue weighted by Crippen LogP contribution is 2.17. The lowest BCUT2D eigenvalue weighted by atomic mass is 10.0. The van der Waals surface area contributed by atoms with Gasteiger partial charge in [0.25, 0.3) is 0 Å². The monoisotopic (exact) mass is 906 g/mol. The molecule has 6 nitrogen and oxygen atoms in total. The van der Waals surface area contributed by atoms with Gasteiger partial charge in [-0.05, 0) is 96.3 Å². The van der Waals surface area contributed by atoms with Crippen molar-refractivity contribution in [2.75, 3.05) is 6.61 Å². The van der Waals surface area contributed by atoms with Crippen LogP contribution in [0.25, 0.3) is 0 Å². The van der Waals surface area contributed by atoms with Crippen LogP contribution in [-0.2, 0) is 14.3 Å². The van der Waals surface area contributed by atoms with E-state index in [-0.39, 0.29) is 24.9 Å². The number of amides is 1. The van der Waals surface area contributed by atoms with Gasteiger partial charge in [-0.15, -0.1) is 0 Å². The third-order valence-electron chi connectivity index (χ3n) is 12.0. The molecule has 0 bridgehead atoms. The van der Waals surface area contributed by atoms with Gasteiger partial charge in [-0.2, -0.15) is 0 Å². The van der Waals surface area contributed by atoms with Crippen molar-refractivity contribution in [2.24, 2.45) is 0 Å². The van der Waals surface area contributed by atoms with Gasteiger partial charge in [-0.25, -0.2) is 0 Å². The third-order valence-corrected chi connectivity index (χ3v) is 12.0. The molecule has 0 saturated carbocycles. The molecule has 0 spiro atoms. The second kappa shape index (κ2) is 52.0. The Kier molecular flexibility index (Phi) is 49.6. The average Bonchev–Trinajstić information content (AvgIpc) is 3.30. The number of allylic oxidation sites excluding steroid dienone is 14. The van der Waals surface area contributed by atoms with Gasteiger partial charge in [-0.3, -0.25) is 9.59 Å². The summed E-state index contributed by atoms with van der Waals surface area (Å²) in [6.45, 7) is 6.33. The van der Waals surface area contributed by atoms with E-state index in [2.05, 4.69) is 111 Å². The Balaban J connectivity index is 4.68. The maximum absolute atomic E-state index is 13.2. The van der Waals surface area contributed by atoms with Crippen LogP contribution in [-0.4, -0.2) is 46.9 Å². The number of ether oxygens (including phenoxy) is 1. The molecule has 6 heteroatoms. The third kappa shape index (κ3) is 47.3. The smallest absolute Gasteiger partial charge is 0.306 e. The molecule has 3 unspecified atom stereocenters. The van der Waals surface area contributed by atoms with E-state index in [0.29, 0.717) is 25.7 Å². The Morgan fingerprint density at radius 1 is 0.462 bits per heavy atom. The van der Waals surface area contributed by atoms with E-state index in [1.54, 1.807) is 0 Å². The first-order chi connectivity index (χ1) is 32.0. The number of rotatable bonds is 48. The highest BCUT2D eigenvalue weighted by molar-refractivity contribution is 5.77. The molecule has 0 saturated heterocycles. The summed E-state index contributed by atoms with van der Waals surface area (Å²) >= 11 is 0.